The lowest BCUT2D eigenvalue weighted by atomic mass is 9.47. The first kappa shape index (κ1) is 21.1. The summed E-state index contributed by atoms with van der Waals surface area (Å²) >= 11 is 0. The summed E-state index contributed by atoms with van der Waals surface area (Å²) in [5.41, 5.74) is 9.78. The molecular formula is C36H32N3+. The van der Waals surface area contributed by atoms with E-state index in [0.29, 0.717) is 5.41 Å². The number of hydrogen-bond donors (Lipinski definition) is 0. The molecule has 7 aromatic rings. The van der Waals surface area contributed by atoms with Crippen molar-refractivity contribution in [2.45, 2.75) is 50.9 Å². The van der Waals surface area contributed by atoms with Gasteiger partial charge in [0.1, 0.15) is 5.52 Å². The van der Waals surface area contributed by atoms with Crippen LogP contribution < -0.4 is 4.57 Å². The van der Waals surface area contributed by atoms with Crippen LogP contribution in [0.25, 0.3) is 59.9 Å². The Morgan fingerprint density at radius 2 is 1.49 bits per heavy atom. The number of aromatic nitrogens is 3. The number of hydrogen-bond acceptors (Lipinski definition) is 1. The Kier molecular flexibility index (Phi) is 3.73. The largest absolute Gasteiger partial charge is 0.307 e. The Morgan fingerprint density at radius 1 is 0.795 bits per heavy atom. The Bertz CT molecular complexity index is 2150. The maximum Gasteiger partial charge on any atom is 0.287 e. The van der Waals surface area contributed by atoms with E-state index >= 15 is 0 Å². The third-order valence-electron chi connectivity index (χ3n) is 11.3. The molecule has 3 nitrogen and oxygen atoms in total. The van der Waals surface area contributed by atoms with E-state index in [2.05, 4.69) is 89.9 Å². The van der Waals surface area contributed by atoms with Crippen molar-refractivity contribution in [3.05, 3.63) is 78.1 Å². The van der Waals surface area contributed by atoms with Gasteiger partial charge >= 0.3 is 0 Å². The zero-order chi connectivity index (χ0) is 25.6. The Balaban J connectivity index is 1.49. The summed E-state index contributed by atoms with van der Waals surface area (Å²) in [6.07, 6.45) is 10.6. The molecule has 0 spiro atoms. The second-order valence-electron chi connectivity index (χ2n) is 13.4. The Labute approximate surface area is 227 Å². The zero-order valence-electron chi connectivity index (χ0n) is 22.7. The van der Waals surface area contributed by atoms with Gasteiger partial charge in [0.05, 0.1) is 29.0 Å². The minimum absolute atomic E-state index is 0.303. The fourth-order valence-corrected chi connectivity index (χ4v) is 10.3. The fourth-order valence-electron chi connectivity index (χ4n) is 10.3. The van der Waals surface area contributed by atoms with Crippen molar-refractivity contribution in [3.8, 4) is 0 Å². The molecule has 39 heavy (non-hydrogen) atoms. The maximum absolute atomic E-state index is 5.14. The van der Waals surface area contributed by atoms with Crippen molar-refractivity contribution >= 4 is 59.9 Å². The van der Waals surface area contributed by atoms with Gasteiger partial charge in [0.15, 0.2) is 5.52 Å². The Morgan fingerprint density at radius 3 is 2.26 bits per heavy atom. The predicted molar refractivity (Wildman–Crippen MR) is 160 cm³/mol. The second kappa shape index (κ2) is 6.88. The van der Waals surface area contributed by atoms with Gasteiger partial charge < -0.3 is 4.40 Å². The number of benzene rings is 4. The number of aryl methyl sites for hydroxylation is 2. The van der Waals surface area contributed by atoms with E-state index in [1.54, 1.807) is 5.56 Å². The number of nitrogens with zero attached hydrogens (tertiary/aromatic N) is 3. The second-order valence-corrected chi connectivity index (χ2v) is 13.4. The number of para-hydroxylation sites is 1. The van der Waals surface area contributed by atoms with Crippen LogP contribution in [0.1, 0.15) is 49.7 Å². The minimum atomic E-state index is 0.303. The number of fused-ring (bicyclic) bond motifs is 7. The van der Waals surface area contributed by atoms with Crippen molar-refractivity contribution in [1.29, 1.82) is 0 Å². The fraction of sp³-hybridized carbons (Fsp3) is 0.333. The van der Waals surface area contributed by atoms with Gasteiger partial charge in [-0.15, -0.1) is 0 Å². The van der Waals surface area contributed by atoms with Crippen LogP contribution in [-0.4, -0.2) is 9.38 Å². The lowest BCUT2D eigenvalue weighted by Gasteiger charge is -2.57. The molecule has 4 aliphatic carbocycles. The molecule has 4 fully saturated rings. The van der Waals surface area contributed by atoms with Gasteiger partial charge in [0.25, 0.3) is 6.33 Å². The third-order valence-corrected chi connectivity index (χ3v) is 11.3. The first-order chi connectivity index (χ1) is 19.1. The van der Waals surface area contributed by atoms with Gasteiger partial charge in [0.2, 0.25) is 0 Å². The lowest BCUT2D eigenvalue weighted by molar-refractivity contribution is -0.646. The summed E-state index contributed by atoms with van der Waals surface area (Å²) in [4.78, 5) is 5.14. The average molecular weight is 507 g/mol. The minimum Gasteiger partial charge on any atom is -0.307 e. The monoisotopic (exact) mass is 506 g/mol. The van der Waals surface area contributed by atoms with E-state index in [-0.39, 0.29) is 0 Å². The summed E-state index contributed by atoms with van der Waals surface area (Å²) < 4.78 is 4.88. The predicted octanol–water partition coefficient (Wildman–Crippen LogP) is 8.14. The molecule has 4 aliphatic rings. The molecule has 4 bridgehead atoms. The van der Waals surface area contributed by atoms with Crippen LogP contribution in [0, 0.1) is 24.7 Å². The molecule has 4 aromatic carbocycles. The highest BCUT2D eigenvalue weighted by atomic mass is 15.0. The molecule has 4 saturated carbocycles. The number of pyridine rings is 1. The highest BCUT2D eigenvalue weighted by Gasteiger charge is 2.52. The topological polar surface area (TPSA) is 21.2 Å². The van der Waals surface area contributed by atoms with Gasteiger partial charge in [-0.1, -0.05) is 42.5 Å². The van der Waals surface area contributed by atoms with Crippen LogP contribution in [0.3, 0.4) is 0 Å². The number of rotatable bonds is 1. The maximum atomic E-state index is 5.14. The molecule has 11 rings (SSSR count). The molecule has 0 aliphatic heterocycles. The van der Waals surface area contributed by atoms with Gasteiger partial charge in [-0.25, -0.2) is 4.57 Å². The van der Waals surface area contributed by atoms with Crippen molar-refractivity contribution < 1.29 is 4.57 Å². The van der Waals surface area contributed by atoms with Crippen LogP contribution in [-0.2, 0) is 12.5 Å². The average Bonchev–Trinajstić information content (AvgIpc) is 3.28. The first-order valence-corrected chi connectivity index (χ1v) is 14.9. The summed E-state index contributed by atoms with van der Waals surface area (Å²) in [6.45, 7) is 2.31. The summed E-state index contributed by atoms with van der Waals surface area (Å²) in [5, 5.41) is 8.24. The van der Waals surface area contributed by atoms with E-state index in [1.807, 2.05) is 0 Å². The van der Waals surface area contributed by atoms with E-state index in [0.717, 1.165) is 17.8 Å². The highest BCUT2D eigenvalue weighted by molar-refractivity contribution is 6.28. The first-order valence-electron chi connectivity index (χ1n) is 14.9. The van der Waals surface area contributed by atoms with Crippen molar-refractivity contribution in [3.63, 3.8) is 0 Å². The summed E-state index contributed by atoms with van der Waals surface area (Å²) in [5.74, 6) is 2.74. The Hall–Kier alpha value is -3.72. The molecule has 0 amide bonds. The normalized spacial score (nSPS) is 26.5. The van der Waals surface area contributed by atoms with Gasteiger partial charge in [-0.05, 0) is 114 Å². The van der Waals surface area contributed by atoms with Crippen LogP contribution in [0.15, 0.2) is 67.0 Å². The zero-order valence-corrected chi connectivity index (χ0v) is 22.7. The van der Waals surface area contributed by atoms with Gasteiger partial charge in [0, 0.05) is 16.2 Å². The molecular weight excluding hydrogens is 474 g/mol. The van der Waals surface area contributed by atoms with E-state index in [1.165, 1.54) is 104 Å². The van der Waals surface area contributed by atoms with Crippen molar-refractivity contribution in [1.82, 2.24) is 9.38 Å². The van der Waals surface area contributed by atoms with Crippen LogP contribution in [0.5, 0.6) is 0 Å². The molecule has 0 saturated heterocycles. The highest BCUT2D eigenvalue weighted by Crippen LogP contribution is 2.62. The lowest BCUT2D eigenvalue weighted by Crippen LogP contribution is -2.48. The van der Waals surface area contributed by atoms with Gasteiger partial charge in [-0.3, -0.25) is 0 Å². The quantitative estimate of drug-likeness (QED) is 0.125. The van der Waals surface area contributed by atoms with Crippen LogP contribution in [0.2, 0.25) is 0 Å². The molecule has 3 aromatic heterocycles. The van der Waals surface area contributed by atoms with Crippen LogP contribution in [0.4, 0.5) is 0 Å². The molecule has 0 unspecified atom stereocenters. The summed E-state index contributed by atoms with van der Waals surface area (Å²) in [7, 11) is 2.18. The smallest absolute Gasteiger partial charge is 0.287 e. The van der Waals surface area contributed by atoms with E-state index in [9.17, 15) is 0 Å². The van der Waals surface area contributed by atoms with Crippen molar-refractivity contribution in [2.75, 3.05) is 0 Å². The van der Waals surface area contributed by atoms with E-state index < -0.39 is 0 Å². The molecule has 0 atom stereocenters. The molecule has 0 radical (unpaired) electrons. The molecule has 3 heterocycles. The molecule has 190 valence electrons. The van der Waals surface area contributed by atoms with E-state index in [4.69, 9.17) is 4.98 Å². The van der Waals surface area contributed by atoms with Crippen LogP contribution >= 0.6 is 0 Å². The SMILES string of the molecule is Cc1c2ccccc2cc2c1c1c3c(cc(C45CC6CC(CC(C6)C4)C5)c4c5ccccc5n2c43)nc[n+]1C. The summed E-state index contributed by atoms with van der Waals surface area (Å²) in [6, 6.07) is 23.1. The molecule has 0 N–H and O–H groups in total. The van der Waals surface area contributed by atoms with Crippen molar-refractivity contribution in [2.24, 2.45) is 24.8 Å². The standard InChI is InChI=1S/C36H32N3/c1-20-25-8-4-3-7-24(25)14-30-31(20)34-33-28(37-19-38(34)2)15-27(32-26-9-5-6-10-29(26)39(30)35(32)33)36-16-21-11-22(17-36)13-23(12-21)18-36/h3-10,14-15,19,21-23H,11-13,16-18H2,1-2H3/q+1. The third kappa shape index (κ3) is 2.47. The van der Waals surface area contributed by atoms with Gasteiger partial charge in [-0.2, -0.15) is 0 Å². The molecule has 3 heteroatoms.